The Labute approximate surface area is 145 Å². The summed E-state index contributed by atoms with van der Waals surface area (Å²) in [4.78, 5) is 14.2. The maximum Gasteiger partial charge on any atom is 0.222 e. The van der Waals surface area contributed by atoms with Crippen LogP contribution in [-0.4, -0.2) is 42.1 Å². The molecule has 5 heteroatoms. The number of benzene rings is 1. The van der Waals surface area contributed by atoms with Gasteiger partial charge in [-0.25, -0.2) is 0 Å². The van der Waals surface area contributed by atoms with Crippen LogP contribution < -0.4 is 5.32 Å². The Morgan fingerprint density at radius 3 is 2.48 bits per heavy atom. The Morgan fingerprint density at radius 2 is 1.91 bits per heavy atom. The summed E-state index contributed by atoms with van der Waals surface area (Å²) in [5.41, 5.74) is 2.05. The van der Waals surface area contributed by atoms with Crippen molar-refractivity contribution in [3.8, 4) is 0 Å². The van der Waals surface area contributed by atoms with Gasteiger partial charge in [0.15, 0.2) is 0 Å². The van der Waals surface area contributed by atoms with Crippen LogP contribution in [0.25, 0.3) is 0 Å². The molecule has 1 aromatic carbocycles. The number of likely N-dealkylation sites (N-methyl/N-ethyl adjacent to an activating group) is 1. The molecule has 1 heterocycles. The zero-order chi connectivity index (χ0) is 15.9. The van der Waals surface area contributed by atoms with Gasteiger partial charge in [0, 0.05) is 13.0 Å². The van der Waals surface area contributed by atoms with Crippen molar-refractivity contribution in [2.75, 3.05) is 26.2 Å². The number of carbonyl (C=O) groups is 1. The fourth-order valence-electron chi connectivity index (χ4n) is 2.97. The molecule has 0 aliphatic carbocycles. The van der Waals surface area contributed by atoms with Gasteiger partial charge in [-0.2, -0.15) is 0 Å². The Morgan fingerprint density at radius 1 is 1.30 bits per heavy atom. The van der Waals surface area contributed by atoms with E-state index in [1.807, 2.05) is 38.1 Å². The molecule has 1 saturated heterocycles. The second-order valence-electron chi connectivity index (χ2n) is 6.26. The molecule has 0 saturated carbocycles. The van der Waals surface area contributed by atoms with E-state index in [-0.39, 0.29) is 18.3 Å². The minimum atomic E-state index is -0.613. The highest BCUT2D eigenvalue weighted by Crippen LogP contribution is 2.19. The van der Waals surface area contributed by atoms with Gasteiger partial charge in [-0.3, -0.25) is 4.79 Å². The van der Waals surface area contributed by atoms with Gasteiger partial charge in [-0.05, 0) is 51.3 Å². The molecule has 1 unspecified atom stereocenters. The monoisotopic (exact) mass is 340 g/mol. The van der Waals surface area contributed by atoms with Gasteiger partial charge in [0.05, 0.1) is 12.6 Å². The molecule has 1 aliphatic rings. The van der Waals surface area contributed by atoms with Gasteiger partial charge < -0.3 is 15.3 Å². The standard InChI is InChI=1S/C18H28N2O2.ClH/c1-3-20(18(22)12-15-8-10-19-11-9-15)13-17(21)16-6-4-14(2)5-7-16;/h4-7,15,17,19,21H,3,8-13H2,1-2H3;1H. The molecule has 1 atom stereocenters. The van der Waals surface area contributed by atoms with E-state index in [2.05, 4.69) is 5.32 Å². The van der Waals surface area contributed by atoms with E-state index in [9.17, 15) is 9.90 Å². The van der Waals surface area contributed by atoms with Crippen molar-refractivity contribution in [2.45, 2.75) is 39.2 Å². The number of hydrogen-bond acceptors (Lipinski definition) is 3. The molecule has 1 aliphatic heterocycles. The van der Waals surface area contributed by atoms with Crippen LogP contribution in [0.1, 0.15) is 43.4 Å². The summed E-state index contributed by atoms with van der Waals surface area (Å²) >= 11 is 0. The van der Waals surface area contributed by atoms with Crippen molar-refractivity contribution in [3.63, 3.8) is 0 Å². The predicted molar refractivity (Wildman–Crippen MR) is 95.9 cm³/mol. The van der Waals surface area contributed by atoms with Gasteiger partial charge in [-0.1, -0.05) is 29.8 Å². The Bertz CT molecular complexity index is 472. The van der Waals surface area contributed by atoms with Crippen molar-refractivity contribution < 1.29 is 9.90 Å². The molecule has 23 heavy (non-hydrogen) atoms. The molecule has 2 N–H and O–H groups in total. The Balaban J connectivity index is 0.00000264. The molecule has 0 spiro atoms. The summed E-state index contributed by atoms with van der Waals surface area (Å²) in [5.74, 6) is 0.653. The molecular formula is C18H29ClN2O2. The topological polar surface area (TPSA) is 52.6 Å². The fourth-order valence-corrected chi connectivity index (χ4v) is 2.97. The van der Waals surface area contributed by atoms with E-state index < -0.39 is 6.10 Å². The number of aliphatic hydroxyl groups is 1. The van der Waals surface area contributed by atoms with Crippen LogP contribution in [0.4, 0.5) is 0 Å². The first-order valence-electron chi connectivity index (χ1n) is 8.33. The lowest BCUT2D eigenvalue weighted by atomic mass is 9.94. The molecule has 1 aromatic rings. The first-order chi connectivity index (χ1) is 10.6. The minimum absolute atomic E-state index is 0. The fraction of sp³-hybridized carbons (Fsp3) is 0.611. The normalized spacial score (nSPS) is 16.5. The highest BCUT2D eigenvalue weighted by atomic mass is 35.5. The summed E-state index contributed by atoms with van der Waals surface area (Å²) in [5, 5.41) is 13.7. The second-order valence-corrected chi connectivity index (χ2v) is 6.26. The number of aryl methyl sites for hydroxylation is 1. The number of nitrogens with zero attached hydrogens (tertiary/aromatic N) is 1. The lowest BCUT2D eigenvalue weighted by Crippen LogP contribution is -2.37. The average molecular weight is 341 g/mol. The lowest BCUT2D eigenvalue weighted by molar-refractivity contribution is -0.133. The van der Waals surface area contributed by atoms with Crippen molar-refractivity contribution in [1.29, 1.82) is 0 Å². The third-order valence-electron chi connectivity index (χ3n) is 4.51. The van der Waals surface area contributed by atoms with Crippen LogP contribution >= 0.6 is 12.4 Å². The summed E-state index contributed by atoms with van der Waals surface area (Å²) in [7, 11) is 0. The molecule has 130 valence electrons. The number of nitrogens with one attached hydrogen (secondary N) is 1. The number of aliphatic hydroxyl groups excluding tert-OH is 1. The lowest BCUT2D eigenvalue weighted by Gasteiger charge is -2.28. The van der Waals surface area contributed by atoms with Gasteiger partial charge in [0.25, 0.3) is 0 Å². The number of halogens is 1. The first kappa shape index (κ1) is 19.9. The van der Waals surface area contributed by atoms with E-state index in [0.29, 0.717) is 25.4 Å². The number of carbonyl (C=O) groups excluding carboxylic acids is 1. The predicted octanol–water partition coefficient (Wildman–Crippen LogP) is 2.69. The number of amides is 1. The van der Waals surface area contributed by atoms with Gasteiger partial charge in [-0.15, -0.1) is 12.4 Å². The maximum absolute atomic E-state index is 12.5. The molecule has 4 nitrogen and oxygen atoms in total. The van der Waals surface area contributed by atoms with Crippen LogP contribution in [0.2, 0.25) is 0 Å². The van der Waals surface area contributed by atoms with E-state index in [1.54, 1.807) is 4.90 Å². The zero-order valence-corrected chi connectivity index (χ0v) is 14.9. The average Bonchev–Trinajstić information content (AvgIpc) is 2.53. The second kappa shape index (κ2) is 9.91. The maximum atomic E-state index is 12.5. The zero-order valence-electron chi connectivity index (χ0n) is 14.1. The molecule has 0 radical (unpaired) electrons. The van der Waals surface area contributed by atoms with E-state index in [1.165, 1.54) is 5.56 Å². The van der Waals surface area contributed by atoms with E-state index in [0.717, 1.165) is 31.5 Å². The first-order valence-corrected chi connectivity index (χ1v) is 8.33. The Kier molecular flexibility index (Phi) is 8.59. The van der Waals surface area contributed by atoms with Crippen molar-refractivity contribution in [3.05, 3.63) is 35.4 Å². The van der Waals surface area contributed by atoms with Crippen LogP contribution in [0.3, 0.4) is 0 Å². The van der Waals surface area contributed by atoms with Crippen LogP contribution in [0, 0.1) is 12.8 Å². The molecular weight excluding hydrogens is 312 g/mol. The highest BCUT2D eigenvalue weighted by Gasteiger charge is 2.22. The van der Waals surface area contributed by atoms with Crippen molar-refractivity contribution in [2.24, 2.45) is 5.92 Å². The largest absolute Gasteiger partial charge is 0.387 e. The van der Waals surface area contributed by atoms with Crippen molar-refractivity contribution >= 4 is 18.3 Å². The molecule has 2 rings (SSSR count). The molecule has 0 aromatic heterocycles. The van der Waals surface area contributed by atoms with Crippen LogP contribution in [0.5, 0.6) is 0 Å². The van der Waals surface area contributed by atoms with Crippen molar-refractivity contribution in [1.82, 2.24) is 10.2 Å². The van der Waals surface area contributed by atoms with Gasteiger partial charge in [0.1, 0.15) is 0 Å². The third-order valence-corrected chi connectivity index (χ3v) is 4.51. The van der Waals surface area contributed by atoms with Crippen LogP contribution in [0.15, 0.2) is 24.3 Å². The Hall–Kier alpha value is -1.10. The third kappa shape index (κ3) is 6.13. The number of piperidine rings is 1. The minimum Gasteiger partial charge on any atom is -0.387 e. The van der Waals surface area contributed by atoms with Gasteiger partial charge >= 0.3 is 0 Å². The highest BCUT2D eigenvalue weighted by molar-refractivity contribution is 5.85. The number of rotatable bonds is 6. The van der Waals surface area contributed by atoms with E-state index >= 15 is 0 Å². The molecule has 1 amide bonds. The van der Waals surface area contributed by atoms with Gasteiger partial charge in [0.2, 0.25) is 5.91 Å². The van der Waals surface area contributed by atoms with Crippen LogP contribution in [-0.2, 0) is 4.79 Å². The van der Waals surface area contributed by atoms with E-state index in [4.69, 9.17) is 0 Å². The molecule has 1 fully saturated rings. The quantitative estimate of drug-likeness (QED) is 0.837. The summed E-state index contributed by atoms with van der Waals surface area (Å²) in [6.07, 6.45) is 2.14. The molecule has 0 bridgehead atoms. The smallest absolute Gasteiger partial charge is 0.222 e. The summed E-state index contributed by atoms with van der Waals surface area (Å²) in [6, 6.07) is 7.85. The summed E-state index contributed by atoms with van der Waals surface area (Å²) in [6.45, 7) is 7.04. The summed E-state index contributed by atoms with van der Waals surface area (Å²) < 4.78 is 0. The number of hydrogen-bond donors (Lipinski definition) is 2. The SMILES string of the molecule is CCN(CC(O)c1ccc(C)cc1)C(=O)CC1CCNCC1.Cl.